The lowest BCUT2D eigenvalue weighted by Crippen LogP contribution is -2.36. The van der Waals surface area contributed by atoms with Gasteiger partial charge in [0.05, 0.1) is 5.69 Å². The van der Waals surface area contributed by atoms with Gasteiger partial charge in [-0.15, -0.1) is 5.10 Å². The Bertz CT molecular complexity index is 528. The maximum absolute atomic E-state index is 4.15. The summed E-state index contributed by atoms with van der Waals surface area (Å²) in [7, 11) is 0. The summed E-state index contributed by atoms with van der Waals surface area (Å²) in [5, 5.41) is 16.4. The van der Waals surface area contributed by atoms with E-state index in [-0.39, 0.29) is 0 Å². The third kappa shape index (κ3) is 4.28. The molecule has 0 aliphatic rings. The molecule has 1 aromatic carbocycles. The number of benzene rings is 1. The molecule has 1 N–H and O–H groups in total. The first kappa shape index (κ1) is 16.0. The van der Waals surface area contributed by atoms with Crippen LogP contribution in [0.15, 0.2) is 35.5 Å². The average Bonchev–Trinajstić information content (AvgIpc) is 3.00. The Morgan fingerprint density at radius 2 is 2.00 bits per heavy atom. The van der Waals surface area contributed by atoms with Crippen LogP contribution in [0.3, 0.4) is 0 Å². The lowest BCUT2D eigenvalue weighted by atomic mass is 10.0. The number of hydrogen-bond donors (Lipinski definition) is 1. The molecule has 1 aromatic heterocycles. The molecule has 0 radical (unpaired) electrons. The van der Waals surface area contributed by atoms with Crippen molar-refractivity contribution >= 4 is 11.8 Å². The molecule has 0 aliphatic heterocycles. The molecular formula is C15H23N5S. The first-order valence-electron chi connectivity index (χ1n) is 7.46. The van der Waals surface area contributed by atoms with E-state index in [0.29, 0.717) is 12.0 Å². The minimum absolute atomic E-state index is 0.478. The van der Waals surface area contributed by atoms with Crippen molar-refractivity contribution in [3.63, 3.8) is 0 Å². The first-order valence-corrected chi connectivity index (χ1v) is 8.44. The lowest BCUT2D eigenvalue weighted by Gasteiger charge is -2.23. The number of nitrogens with one attached hydrogen (secondary N) is 1. The van der Waals surface area contributed by atoms with Crippen LogP contribution in [0.5, 0.6) is 0 Å². The number of nitrogens with zero attached hydrogens (tertiary/aromatic N) is 4. The van der Waals surface area contributed by atoms with Gasteiger partial charge in [0.25, 0.3) is 0 Å². The minimum atomic E-state index is 0.478. The molecule has 21 heavy (non-hydrogen) atoms. The van der Waals surface area contributed by atoms with Gasteiger partial charge < -0.3 is 5.32 Å². The molecular weight excluding hydrogens is 282 g/mol. The zero-order valence-electron chi connectivity index (χ0n) is 12.9. The van der Waals surface area contributed by atoms with E-state index >= 15 is 0 Å². The van der Waals surface area contributed by atoms with E-state index in [4.69, 9.17) is 0 Å². The Morgan fingerprint density at radius 1 is 1.24 bits per heavy atom. The van der Waals surface area contributed by atoms with Crippen molar-refractivity contribution in [1.82, 2.24) is 25.5 Å². The highest BCUT2D eigenvalue weighted by Crippen LogP contribution is 2.21. The van der Waals surface area contributed by atoms with Gasteiger partial charge in [0.2, 0.25) is 5.16 Å². The summed E-state index contributed by atoms with van der Waals surface area (Å²) >= 11 is 1.70. The van der Waals surface area contributed by atoms with Crippen molar-refractivity contribution in [2.24, 2.45) is 5.92 Å². The zero-order valence-corrected chi connectivity index (χ0v) is 13.7. The van der Waals surface area contributed by atoms with Crippen LogP contribution in [0, 0.1) is 5.92 Å². The van der Waals surface area contributed by atoms with Gasteiger partial charge in [-0.25, -0.2) is 0 Å². The second-order valence-electron chi connectivity index (χ2n) is 5.07. The van der Waals surface area contributed by atoms with Crippen LogP contribution in [0.1, 0.15) is 27.2 Å². The van der Waals surface area contributed by atoms with Crippen LogP contribution in [0.25, 0.3) is 5.69 Å². The number of para-hydroxylation sites is 1. The van der Waals surface area contributed by atoms with Gasteiger partial charge in [0.15, 0.2) is 0 Å². The second kappa shape index (κ2) is 8.14. The normalized spacial score (nSPS) is 14.0. The fourth-order valence-corrected chi connectivity index (χ4v) is 3.27. The third-order valence-electron chi connectivity index (χ3n) is 3.63. The fourth-order valence-electron chi connectivity index (χ4n) is 2.14. The second-order valence-corrected chi connectivity index (χ2v) is 6.06. The van der Waals surface area contributed by atoms with E-state index in [1.165, 1.54) is 6.42 Å². The first-order chi connectivity index (χ1) is 10.3. The molecule has 2 rings (SSSR count). The van der Waals surface area contributed by atoms with Crippen LogP contribution in [-0.4, -0.2) is 38.5 Å². The molecule has 2 unspecified atom stereocenters. The molecule has 1 heterocycles. The summed E-state index contributed by atoms with van der Waals surface area (Å²) in [4.78, 5) is 0. The van der Waals surface area contributed by atoms with E-state index in [9.17, 15) is 0 Å². The van der Waals surface area contributed by atoms with Gasteiger partial charge in [-0.1, -0.05) is 57.2 Å². The quantitative estimate of drug-likeness (QED) is 0.760. The zero-order chi connectivity index (χ0) is 15.1. The molecule has 0 fully saturated rings. The van der Waals surface area contributed by atoms with Crippen LogP contribution in [0.2, 0.25) is 0 Å². The van der Waals surface area contributed by atoms with E-state index in [1.807, 2.05) is 30.3 Å². The highest BCUT2D eigenvalue weighted by atomic mass is 32.2. The number of hydrogen-bond acceptors (Lipinski definition) is 5. The van der Waals surface area contributed by atoms with Crippen molar-refractivity contribution in [1.29, 1.82) is 0 Å². The third-order valence-corrected chi connectivity index (χ3v) is 4.67. The molecule has 0 amide bonds. The Hall–Kier alpha value is -1.40. The Balaban J connectivity index is 2.05. The van der Waals surface area contributed by atoms with Crippen LogP contribution >= 0.6 is 11.8 Å². The van der Waals surface area contributed by atoms with E-state index in [1.54, 1.807) is 16.4 Å². The summed E-state index contributed by atoms with van der Waals surface area (Å²) in [5.41, 5.74) is 0.994. The molecule has 2 atom stereocenters. The summed E-state index contributed by atoms with van der Waals surface area (Å²) in [6, 6.07) is 10.5. The minimum Gasteiger partial charge on any atom is -0.313 e. The molecule has 0 bridgehead atoms. The van der Waals surface area contributed by atoms with Gasteiger partial charge >= 0.3 is 0 Å². The largest absolute Gasteiger partial charge is 0.313 e. The molecule has 2 aromatic rings. The van der Waals surface area contributed by atoms with Crippen molar-refractivity contribution in [3.05, 3.63) is 30.3 Å². The summed E-state index contributed by atoms with van der Waals surface area (Å²) in [6.07, 6.45) is 1.17. The topological polar surface area (TPSA) is 55.6 Å². The van der Waals surface area contributed by atoms with Gasteiger partial charge in [0, 0.05) is 11.8 Å². The number of tetrazole rings is 1. The van der Waals surface area contributed by atoms with Gasteiger partial charge in [-0.05, 0) is 35.0 Å². The SMILES string of the molecule is CCNC(CSc1nnnn1-c1ccccc1)C(C)CC. The van der Waals surface area contributed by atoms with Gasteiger partial charge in [-0.3, -0.25) is 0 Å². The Kier molecular flexibility index (Phi) is 6.20. The summed E-state index contributed by atoms with van der Waals surface area (Å²) < 4.78 is 1.80. The molecule has 0 saturated carbocycles. The molecule has 5 nitrogen and oxygen atoms in total. The maximum Gasteiger partial charge on any atom is 0.214 e. The van der Waals surface area contributed by atoms with Crippen molar-refractivity contribution in [2.75, 3.05) is 12.3 Å². The fraction of sp³-hybridized carbons (Fsp3) is 0.533. The maximum atomic E-state index is 4.15. The predicted octanol–water partition coefficient (Wildman–Crippen LogP) is 2.78. The molecule has 0 aliphatic carbocycles. The van der Waals surface area contributed by atoms with E-state index < -0.39 is 0 Å². The van der Waals surface area contributed by atoms with Crippen molar-refractivity contribution < 1.29 is 0 Å². The van der Waals surface area contributed by atoms with Crippen LogP contribution in [-0.2, 0) is 0 Å². The van der Waals surface area contributed by atoms with Gasteiger partial charge in [-0.2, -0.15) is 4.68 Å². The smallest absolute Gasteiger partial charge is 0.214 e. The number of thioether (sulfide) groups is 1. The highest BCUT2D eigenvalue weighted by molar-refractivity contribution is 7.99. The molecule has 0 saturated heterocycles. The summed E-state index contributed by atoms with van der Waals surface area (Å²) in [6.45, 7) is 7.65. The molecule has 0 spiro atoms. The monoisotopic (exact) mass is 305 g/mol. The molecule has 114 valence electrons. The van der Waals surface area contributed by atoms with E-state index in [2.05, 4.69) is 41.6 Å². The Morgan fingerprint density at radius 3 is 2.67 bits per heavy atom. The standard InChI is InChI=1S/C15H23N5S/c1-4-12(3)14(16-5-2)11-21-15-17-18-19-20(15)13-9-7-6-8-10-13/h6-10,12,14,16H,4-5,11H2,1-3H3. The van der Waals surface area contributed by atoms with Gasteiger partial charge in [0.1, 0.15) is 0 Å². The highest BCUT2D eigenvalue weighted by Gasteiger charge is 2.17. The van der Waals surface area contributed by atoms with Crippen LogP contribution < -0.4 is 5.32 Å². The average molecular weight is 305 g/mol. The van der Waals surface area contributed by atoms with Crippen LogP contribution in [0.4, 0.5) is 0 Å². The van der Waals surface area contributed by atoms with Crippen molar-refractivity contribution in [2.45, 2.75) is 38.4 Å². The van der Waals surface area contributed by atoms with Crippen molar-refractivity contribution in [3.8, 4) is 5.69 Å². The summed E-state index contributed by atoms with van der Waals surface area (Å²) in [5.74, 6) is 1.61. The lowest BCUT2D eigenvalue weighted by molar-refractivity contribution is 0.403. The molecule has 6 heteroatoms. The number of aromatic nitrogens is 4. The Labute approximate surface area is 130 Å². The number of rotatable bonds is 8. The predicted molar refractivity (Wildman–Crippen MR) is 86.8 cm³/mol. The van der Waals surface area contributed by atoms with E-state index in [0.717, 1.165) is 23.1 Å².